The number of fused-ring (bicyclic) bond motifs is 2. The number of rotatable bonds is 1. The highest BCUT2D eigenvalue weighted by molar-refractivity contribution is 9.10. The summed E-state index contributed by atoms with van der Waals surface area (Å²) in [4.78, 5) is 23.1. The van der Waals surface area contributed by atoms with Gasteiger partial charge >= 0.3 is 0 Å². The van der Waals surface area contributed by atoms with Crippen LogP contribution in [0.3, 0.4) is 0 Å². The number of halogens is 1. The van der Waals surface area contributed by atoms with Crippen LogP contribution < -0.4 is 11.1 Å². The summed E-state index contributed by atoms with van der Waals surface area (Å²) in [6, 6.07) is 5.54. The van der Waals surface area contributed by atoms with Crippen molar-refractivity contribution in [2.45, 2.75) is 11.8 Å². The van der Waals surface area contributed by atoms with Crippen LogP contribution in [-0.4, -0.2) is 18.4 Å². The van der Waals surface area contributed by atoms with Crippen molar-refractivity contribution in [2.24, 2.45) is 11.7 Å². The van der Waals surface area contributed by atoms with E-state index in [0.29, 0.717) is 12.1 Å². The highest BCUT2D eigenvalue weighted by atomic mass is 79.9. The average Bonchev–Trinajstić information content (AvgIpc) is 3.00. The summed E-state index contributed by atoms with van der Waals surface area (Å²) in [5.74, 6) is -0.517. The van der Waals surface area contributed by atoms with E-state index in [0.717, 1.165) is 16.5 Å². The molecule has 2 aliphatic rings. The van der Waals surface area contributed by atoms with Gasteiger partial charge < -0.3 is 11.1 Å². The molecule has 88 valence electrons. The molecule has 0 aromatic heterocycles. The molecule has 1 aromatic rings. The summed E-state index contributed by atoms with van der Waals surface area (Å²) in [5, 5.41) is 2.83. The number of carbonyl (C=O) groups is 2. The van der Waals surface area contributed by atoms with E-state index < -0.39 is 0 Å². The predicted molar refractivity (Wildman–Crippen MR) is 65.5 cm³/mol. The first-order chi connectivity index (χ1) is 8.04. The fourth-order valence-electron chi connectivity index (χ4n) is 2.73. The monoisotopic (exact) mass is 294 g/mol. The van der Waals surface area contributed by atoms with Crippen LogP contribution >= 0.6 is 15.9 Å². The maximum atomic E-state index is 11.7. The van der Waals surface area contributed by atoms with Gasteiger partial charge in [0.05, 0.1) is 5.92 Å². The fourth-order valence-corrected chi connectivity index (χ4v) is 3.09. The Morgan fingerprint density at radius 2 is 2.29 bits per heavy atom. The summed E-state index contributed by atoms with van der Waals surface area (Å²) in [7, 11) is 0. The van der Waals surface area contributed by atoms with Gasteiger partial charge in [-0.3, -0.25) is 9.59 Å². The van der Waals surface area contributed by atoms with Crippen LogP contribution in [0.15, 0.2) is 22.7 Å². The molecule has 1 aliphatic heterocycles. The molecule has 0 radical (unpaired) electrons. The quantitative estimate of drug-likeness (QED) is 0.809. The second kappa shape index (κ2) is 3.32. The number of amides is 2. The van der Waals surface area contributed by atoms with E-state index in [1.54, 1.807) is 6.07 Å². The van der Waals surface area contributed by atoms with Crippen LogP contribution in [0.1, 0.15) is 22.3 Å². The summed E-state index contributed by atoms with van der Waals surface area (Å²) < 4.78 is 0.917. The van der Waals surface area contributed by atoms with Gasteiger partial charge in [-0.15, -0.1) is 0 Å². The van der Waals surface area contributed by atoms with Crippen molar-refractivity contribution in [3.63, 3.8) is 0 Å². The van der Waals surface area contributed by atoms with Gasteiger partial charge in [-0.1, -0.05) is 15.9 Å². The standard InChI is InChI=1S/C12H11BrN2O2/c13-6-1-2-7-8(3-6)12(5-15-11(7)17)4-9(12)10(14)16/h1-3,9H,4-5H2,(H2,14,16)(H,15,17). The molecule has 1 aromatic carbocycles. The van der Waals surface area contributed by atoms with Gasteiger partial charge in [-0.25, -0.2) is 0 Å². The van der Waals surface area contributed by atoms with E-state index in [-0.39, 0.29) is 23.1 Å². The van der Waals surface area contributed by atoms with Crippen LogP contribution in [0.2, 0.25) is 0 Å². The second-order valence-electron chi connectivity index (χ2n) is 4.69. The molecule has 2 amide bonds. The Labute approximate surface area is 107 Å². The van der Waals surface area contributed by atoms with Crippen molar-refractivity contribution in [1.29, 1.82) is 0 Å². The van der Waals surface area contributed by atoms with Crippen molar-refractivity contribution >= 4 is 27.7 Å². The van der Waals surface area contributed by atoms with Crippen molar-refractivity contribution in [3.8, 4) is 0 Å². The number of nitrogens with two attached hydrogens (primary N) is 1. The zero-order chi connectivity index (χ0) is 12.2. The van der Waals surface area contributed by atoms with Gasteiger partial charge in [0, 0.05) is 22.0 Å². The van der Waals surface area contributed by atoms with E-state index >= 15 is 0 Å². The molecule has 3 rings (SSSR count). The van der Waals surface area contributed by atoms with Gasteiger partial charge in [0.25, 0.3) is 5.91 Å². The molecule has 0 bridgehead atoms. The zero-order valence-corrected chi connectivity index (χ0v) is 10.6. The third-order valence-corrected chi connectivity index (χ3v) is 4.24. The maximum absolute atomic E-state index is 11.7. The van der Waals surface area contributed by atoms with Crippen LogP contribution in [-0.2, 0) is 10.2 Å². The average molecular weight is 295 g/mol. The highest BCUT2D eigenvalue weighted by Gasteiger charge is 2.61. The molecule has 1 spiro atoms. The molecule has 4 nitrogen and oxygen atoms in total. The van der Waals surface area contributed by atoms with Gasteiger partial charge in [-0.2, -0.15) is 0 Å². The van der Waals surface area contributed by atoms with Gasteiger partial charge in [-0.05, 0) is 30.2 Å². The van der Waals surface area contributed by atoms with Crippen LogP contribution in [0.4, 0.5) is 0 Å². The number of hydrogen-bond acceptors (Lipinski definition) is 2. The number of hydrogen-bond donors (Lipinski definition) is 2. The van der Waals surface area contributed by atoms with E-state index in [4.69, 9.17) is 5.73 Å². The summed E-state index contributed by atoms with van der Waals surface area (Å²) in [6.45, 7) is 0.503. The van der Waals surface area contributed by atoms with E-state index in [2.05, 4.69) is 21.2 Å². The van der Waals surface area contributed by atoms with Gasteiger partial charge in [0.15, 0.2) is 0 Å². The Hall–Kier alpha value is -1.36. The molecular formula is C12H11BrN2O2. The lowest BCUT2D eigenvalue weighted by Crippen LogP contribution is -2.41. The number of nitrogens with one attached hydrogen (secondary N) is 1. The molecule has 1 aliphatic carbocycles. The molecule has 17 heavy (non-hydrogen) atoms. The minimum Gasteiger partial charge on any atom is -0.369 e. The van der Waals surface area contributed by atoms with Crippen LogP contribution in [0.25, 0.3) is 0 Å². The van der Waals surface area contributed by atoms with E-state index in [1.807, 2.05) is 12.1 Å². The minimum absolute atomic E-state index is 0.0757. The van der Waals surface area contributed by atoms with Crippen molar-refractivity contribution in [1.82, 2.24) is 5.32 Å². The van der Waals surface area contributed by atoms with E-state index in [1.165, 1.54) is 0 Å². The van der Waals surface area contributed by atoms with Crippen molar-refractivity contribution in [2.75, 3.05) is 6.54 Å². The first-order valence-electron chi connectivity index (χ1n) is 5.42. The van der Waals surface area contributed by atoms with Gasteiger partial charge in [0.2, 0.25) is 5.91 Å². The number of carbonyl (C=O) groups excluding carboxylic acids is 2. The Bertz CT molecular complexity index is 543. The lowest BCUT2D eigenvalue weighted by Gasteiger charge is -2.26. The SMILES string of the molecule is NC(=O)C1CC12CNC(=O)c1ccc(Br)cc12. The highest BCUT2D eigenvalue weighted by Crippen LogP contribution is 2.56. The molecule has 1 saturated carbocycles. The molecule has 3 N–H and O–H groups in total. The third kappa shape index (κ3) is 1.42. The Balaban J connectivity index is 2.13. The topological polar surface area (TPSA) is 72.2 Å². The van der Waals surface area contributed by atoms with Crippen molar-refractivity contribution in [3.05, 3.63) is 33.8 Å². The minimum atomic E-state index is -0.285. The summed E-state index contributed by atoms with van der Waals surface area (Å²) in [6.07, 6.45) is 0.728. The predicted octanol–water partition coefficient (Wildman–Crippen LogP) is 0.936. The number of benzene rings is 1. The smallest absolute Gasteiger partial charge is 0.251 e. The normalized spacial score (nSPS) is 29.7. The lowest BCUT2D eigenvalue weighted by molar-refractivity contribution is -0.119. The maximum Gasteiger partial charge on any atom is 0.251 e. The van der Waals surface area contributed by atoms with Crippen LogP contribution in [0, 0.1) is 5.92 Å². The number of primary amides is 1. The van der Waals surface area contributed by atoms with Gasteiger partial charge in [0.1, 0.15) is 0 Å². The summed E-state index contributed by atoms with van der Waals surface area (Å²) in [5.41, 5.74) is 6.70. The second-order valence-corrected chi connectivity index (χ2v) is 5.60. The Morgan fingerprint density at radius 1 is 1.53 bits per heavy atom. The van der Waals surface area contributed by atoms with E-state index in [9.17, 15) is 9.59 Å². The molecule has 0 saturated heterocycles. The van der Waals surface area contributed by atoms with Crippen molar-refractivity contribution < 1.29 is 9.59 Å². The summed E-state index contributed by atoms with van der Waals surface area (Å²) >= 11 is 3.40. The Kier molecular flexibility index (Phi) is 2.10. The molecule has 1 heterocycles. The molecular weight excluding hydrogens is 284 g/mol. The molecule has 1 fully saturated rings. The molecule has 5 heteroatoms. The first kappa shape index (κ1) is 10.8. The zero-order valence-electron chi connectivity index (χ0n) is 9.00. The third-order valence-electron chi connectivity index (χ3n) is 3.75. The van der Waals surface area contributed by atoms with Crippen LogP contribution in [0.5, 0.6) is 0 Å². The lowest BCUT2D eigenvalue weighted by atomic mass is 9.85. The molecule has 2 atom stereocenters. The largest absolute Gasteiger partial charge is 0.369 e. The molecule has 2 unspecified atom stereocenters. The Morgan fingerprint density at radius 3 is 2.94 bits per heavy atom. The first-order valence-corrected chi connectivity index (χ1v) is 6.21. The fraction of sp³-hybridized carbons (Fsp3) is 0.333.